The summed E-state index contributed by atoms with van der Waals surface area (Å²) in [6.07, 6.45) is 1.17. The molecule has 0 aliphatic carbocycles. The summed E-state index contributed by atoms with van der Waals surface area (Å²) in [6.45, 7) is 2.85. The van der Waals surface area contributed by atoms with Crippen molar-refractivity contribution in [1.29, 1.82) is 0 Å². The van der Waals surface area contributed by atoms with Gasteiger partial charge in [0.05, 0.1) is 11.3 Å². The minimum absolute atomic E-state index is 0. The Labute approximate surface area is 169 Å². The molecule has 1 N–H and O–H groups in total. The van der Waals surface area contributed by atoms with Crippen LogP contribution in [0, 0.1) is 6.07 Å². The maximum atomic E-state index is 10.0. The molecular formula is C18H14Cl2NO3Pt-. The van der Waals surface area contributed by atoms with Gasteiger partial charge in [-0.15, -0.1) is 41.4 Å². The van der Waals surface area contributed by atoms with Crippen molar-refractivity contribution in [1.82, 2.24) is 4.98 Å². The number of para-hydroxylation sites is 2. The van der Waals surface area contributed by atoms with Crippen LogP contribution in [0.5, 0.6) is 0 Å². The largest absolute Gasteiger partial charge is 0.512 e. The van der Waals surface area contributed by atoms with E-state index >= 15 is 0 Å². The molecule has 0 saturated carbocycles. The summed E-state index contributed by atoms with van der Waals surface area (Å²) in [5.41, 5.74) is 2.14. The second-order valence-electron chi connectivity index (χ2n) is 4.92. The Hall–Kier alpha value is -1.61. The first-order chi connectivity index (χ1) is 11.4. The van der Waals surface area contributed by atoms with Crippen molar-refractivity contribution in [3.8, 4) is 11.5 Å². The number of carbonyl (C=O) groups is 1. The van der Waals surface area contributed by atoms with Crippen LogP contribution in [0.2, 0.25) is 10.0 Å². The molecule has 7 heteroatoms. The normalized spacial score (nSPS) is 10.6. The van der Waals surface area contributed by atoms with Gasteiger partial charge in [0.15, 0.2) is 5.78 Å². The average molecular weight is 558 g/mol. The van der Waals surface area contributed by atoms with Crippen molar-refractivity contribution >= 4 is 40.1 Å². The van der Waals surface area contributed by atoms with Gasteiger partial charge in [0.2, 0.25) is 0 Å². The summed E-state index contributed by atoms with van der Waals surface area (Å²) in [5.74, 6) is 0.389. The number of ketones is 1. The number of aliphatic hydroxyl groups excluding tert-OH is 1. The molecule has 134 valence electrons. The van der Waals surface area contributed by atoms with Gasteiger partial charge >= 0.3 is 0 Å². The zero-order valence-electron chi connectivity index (χ0n) is 13.3. The molecule has 25 heavy (non-hydrogen) atoms. The summed E-state index contributed by atoms with van der Waals surface area (Å²) < 4.78 is 5.60. The Balaban J connectivity index is 0.000000339. The molecule has 0 amide bonds. The van der Waals surface area contributed by atoms with E-state index in [0.717, 1.165) is 11.1 Å². The smallest absolute Gasteiger partial charge is 0.155 e. The predicted octanol–water partition coefficient (Wildman–Crippen LogP) is 5.64. The molecule has 3 aromatic rings. The first-order valence-electron chi connectivity index (χ1n) is 6.97. The van der Waals surface area contributed by atoms with Gasteiger partial charge in [-0.1, -0.05) is 17.7 Å². The number of allylic oxidation sites excluding steroid dienone is 2. The minimum atomic E-state index is -0.125. The van der Waals surface area contributed by atoms with E-state index in [-0.39, 0.29) is 32.6 Å². The van der Waals surface area contributed by atoms with E-state index in [0.29, 0.717) is 21.5 Å². The molecule has 0 bridgehead atoms. The van der Waals surface area contributed by atoms with Gasteiger partial charge < -0.3 is 9.52 Å². The third kappa shape index (κ3) is 6.32. The number of rotatable bonds is 2. The van der Waals surface area contributed by atoms with Crippen molar-refractivity contribution in [2.45, 2.75) is 13.8 Å². The summed E-state index contributed by atoms with van der Waals surface area (Å²) in [7, 11) is 0. The molecule has 3 rings (SSSR count). The zero-order chi connectivity index (χ0) is 17.7. The molecule has 0 unspecified atom stereocenters. The van der Waals surface area contributed by atoms with Crippen LogP contribution in [-0.4, -0.2) is 15.9 Å². The topological polar surface area (TPSA) is 63.3 Å². The Morgan fingerprint density at radius 2 is 1.96 bits per heavy atom. The SMILES string of the molecule is CC(=O)/C=C(/C)O.Clc1c[c-]c(-c2nc3ccccc3o2)c(Cl)c1.[Pt]. The van der Waals surface area contributed by atoms with Gasteiger partial charge in [-0.25, -0.2) is 0 Å². The zero-order valence-corrected chi connectivity index (χ0v) is 17.1. The maximum Gasteiger partial charge on any atom is 0.155 e. The van der Waals surface area contributed by atoms with Crippen LogP contribution in [0.4, 0.5) is 0 Å². The molecule has 0 saturated heterocycles. The number of hydrogen-bond donors (Lipinski definition) is 1. The van der Waals surface area contributed by atoms with Crippen molar-refractivity contribution < 1.29 is 35.4 Å². The predicted molar refractivity (Wildman–Crippen MR) is 95.4 cm³/mol. The van der Waals surface area contributed by atoms with Crippen molar-refractivity contribution in [2.75, 3.05) is 0 Å². The third-order valence-corrected chi connectivity index (χ3v) is 3.29. The summed E-state index contributed by atoms with van der Waals surface area (Å²) in [5, 5.41) is 9.38. The second-order valence-corrected chi connectivity index (χ2v) is 5.77. The van der Waals surface area contributed by atoms with E-state index in [1.54, 1.807) is 12.1 Å². The first-order valence-corrected chi connectivity index (χ1v) is 7.73. The Bertz CT molecular complexity index is 869. The van der Waals surface area contributed by atoms with Crippen LogP contribution in [-0.2, 0) is 25.9 Å². The maximum absolute atomic E-state index is 10.0. The van der Waals surface area contributed by atoms with Gasteiger partial charge in [0.1, 0.15) is 11.5 Å². The standard InChI is InChI=1S/C13H6Cl2NO.C5H8O2.Pt/c14-8-5-6-9(10(15)7-8)13-16-11-3-1-2-4-12(11)17-13;1-4(6)3-5(2)7;/h1-5,7H;3,6H,1-2H3;/q-1;;/b;4-3-;. The van der Waals surface area contributed by atoms with E-state index in [2.05, 4.69) is 11.1 Å². The van der Waals surface area contributed by atoms with Crippen molar-refractivity contribution in [2.24, 2.45) is 0 Å². The average Bonchev–Trinajstić information content (AvgIpc) is 2.89. The fourth-order valence-corrected chi connectivity index (χ4v) is 2.35. The van der Waals surface area contributed by atoms with E-state index < -0.39 is 0 Å². The van der Waals surface area contributed by atoms with Crippen LogP contribution >= 0.6 is 23.2 Å². The number of nitrogens with zero attached hydrogens (tertiary/aromatic N) is 1. The number of carbonyl (C=O) groups excluding carboxylic acids is 1. The van der Waals surface area contributed by atoms with E-state index in [9.17, 15) is 4.79 Å². The van der Waals surface area contributed by atoms with Gasteiger partial charge in [0, 0.05) is 27.1 Å². The summed E-state index contributed by atoms with van der Waals surface area (Å²) in [4.78, 5) is 14.4. The monoisotopic (exact) mass is 557 g/mol. The number of oxazole rings is 1. The summed E-state index contributed by atoms with van der Waals surface area (Å²) in [6, 6.07) is 13.8. The third-order valence-electron chi connectivity index (χ3n) is 2.78. The molecule has 1 aromatic heterocycles. The first kappa shape index (κ1) is 21.4. The molecule has 0 atom stereocenters. The van der Waals surface area contributed by atoms with Crippen molar-refractivity contribution in [3.63, 3.8) is 0 Å². The van der Waals surface area contributed by atoms with Crippen molar-refractivity contribution in [3.05, 3.63) is 64.3 Å². The number of aromatic nitrogens is 1. The van der Waals surface area contributed by atoms with Crippen LogP contribution in [0.1, 0.15) is 13.8 Å². The van der Waals surface area contributed by atoms with Crippen LogP contribution < -0.4 is 0 Å². The van der Waals surface area contributed by atoms with E-state index in [4.69, 9.17) is 32.7 Å². The van der Waals surface area contributed by atoms with Gasteiger partial charge in [-0.2, -0.15) is 0 Å². The number of fused-ring (bicyclic) bond motifs is 1. The molecule has 4 nitrogen and oxygen atoms in total. The molecule has 0 aliphatic rings. The second kappa shape index (κ2) is 9.76. The van der Waals surface area contributed by atoms with Crippen LogP contribution in [0.15, 0.2) is 52.7 Å². The molecular weight excluding hydrogens is 544 g/mol. The van der Waals surface area contributed by atoms with Crippen LogP contribution in [0.3, 0.4) is 0 Å². The molecule has 0 aliphatic heterocycles. The minimum Gasteiger partial charge on any atom is -0.512 e. The number of halogens is 2. The number of benzene rings is 2. The van der Waals surface area contributed by atoms with Gasteiger partial charge in [-0.3, -0.25) is 9.78 Å². The van der Waals surface area contributed by atoms with Gasteiger partial charge in [-0.05, 0) is 36.0 Å². The molecule has 0 fully saturated rings. The molecule has 0 radical (unpaired) electrons. The fourth-order valence-electron chi connectivity index (χ4n) is 1.88. The number of aliphatic hydroxyl groups is 1. The molecule has 0 spiro atoms. The fraction of sp³-hybridized carbons (Fsp3) is 0.111. The van der Waals surface area contributed by atoms with E-state index in [1.807, 2.05) is 24.3 Å². The number of hydrogen-bond acceptors (Lipinski definition) is 4. The Morgan fingerprint density at radius 3 is 2.48 bits per heavy atom. The summed E-state index contributed by atoms with van der Waals surface area (Å²) >= 11 is 11.9. The van der Waals surface area contributed by atoms with Crippen LogP contribution in [0.25, 0.3) is 22.6 Å². The van der Waals surface area contributed by atoms with Gasteiger partial charge in [0.25, 0.3) is 0 Å². The molecule has 2 aromatic carbocycles. The Morgan fingerprint density at radius 1 is 1.28 bits per heavy atom. The van der Waals surface area contributed by atoms with E-state index in [1.165, 1.54) is 19.9 Å². The molecule has 1 heterocycles. The quantitative estimate of drug-likeness (QED) is 0.252. The Kier molecular flexibility index (Phi) is 8.37.